The molecule has 0 radical (unpaired) electrons. The summed E-state index contributed by atoms with van der Waals surface area (Å²) in [6.45, 7) is 1.92. The van der Waals surface area contributed by atoms with Crippen LogP contribution in [0.1, 0.15) is 5.56 Å². The Morgan fingerprint density at radius 3 is 2.37 bits per heavy atom. The zero-order valence-corrected chi connectivity index (χ0v) is 17.8. The summed E-state index contributed by atoms with van der Waals surface area (Å²) >= 11 is 7.29. The van der Waals surface area contributed by atoms with Gasteiger partial charge in [0, 0.05) is 21.8 Å². The number of carbonyl (C=O) groups is 1. The first-order chi connectivity index (χ1) is 14.6. The normalized spacial score (nSPS) is 10.7. The number of benzene rings is 3. The van der Waals surface area contributed by atoms with Crippen molar-refractivity contribution in [1.82, 2.24) is 4.98 Å². The van der Waals surface area contributed by atoms with E-state index in [1.165, 1.54) is 11.8 Å². The molecule has 0 saturated carbocycles. The molecule has 6 heteroatoms. The molecule has 4 aromatic rings. The van der Waals surface area contributed by atoms with Gasteiger partial charge in [-0.3, -0.25) is 4.79 Å². The predicted molar refractivity (Wildman–Crippen MR) is 123 cm³/mol. The maximum absolute atomic E-state index is 12.4. The summed E-state index contributed by atoms with van der Waals surface area (Å²) in [5.74, 6) is 0.719. The summed E-state index contributed by atoms with van der Waals surface area (Å²) in [7, 11) is 0. The molecule has 1 heterocycles. The lowest BCUT2D eigenvalue weighted by Crippen LogP contribution is -2.14. The lowest BCUT2D eigenvalue weighted by molar-refractivity contribution is -0.113. The Balaban J connectivity index is 1.54. The first-order valence-corrected chi connectivity index (χ1v) is 10.8. The van der Waals surface area contributed by atoms with Crippen molar-refractivity contribution in [3.63, 3.8) is 0 Å². The van der Waals surface area contributed by atoms with E-state index in [1.807, 2.05) is 73.7 Å². The molecular weight excluding hydrogens is 416 g/mol. The highest BCUT2D eigenvalue weighted by Crippen LogP contribution is 2.35. The molecule has 0 bridgehead atoms. The van der Waals surface area contributed by atoms with Gasteiger partial charge in [0.15, 0.2) is 5.76 Å². The third kappa shape index (κ3) is 4.75. The number of aryl methyl sites for hydroxylation is 1. The quantitative estimate of drug-likeness (QED) is 0.343. The number of aromatic nitrogens is 1. The Hall–Kier alpha value is -3.02. The van der Waals surface area contributed by atoms with Gasteiger partial charge in [-0.05, 0) is 24.6 Å². The van der Waals surface area contributed by atoms with E-state index < -0.39 is 0 Å². The summed E-state index contributed by atoms with van der Waals surface area (Å²) in [6.07, 6.45) is 0. The number of oxazole rings is 1. The van der Waals surface area contributed by atoms with Crippen LogP contribution in [0.25, 0.3) is 22.6 Å². The Morgan fingerprint density at radius 2 is 1.67 bits per heavy atom. The molecule has 0 spiro atoms. The van der Waals surface area contributed by atoms with E-state index in [0.717, 1.165) is 22.4 Å². The molecule has 0 fully saturated rings. The number of halogens is 1. The molecule has 0 aliphatic carbocycles. The van der Waals surface area contributed by atoms with Crippen molar-refractivity contribution in [2.24, 2.45) is 0 Å². The standard InChI is InChI=1S/C24H19ClN2O2S/c1-16-12-13-19(25)14-20(16)26-21(28)15-30-24-27-22(17-8-4-2-5-9-17)23(29-24)18-10-6-3-7-11-18/h2-14H,15H2,1H3,(H,26,28). The van der Waals surface area contributed by atoms with Crippen LogP contribution in [0.4, 0.5) is 5.69 Å². The van der Waals surface area contributed by atoms with Gasteiger partial charge < -0.3 is 9.73 Å². The maximum Gasteiger partial charge on any atom is 0.257 e. The number of hydrogen-bond donors (Lipinski definition) is 1. The number of nitrogens with zero attached hydrogens (tertiary/aromatic N) is 1. The molecule has 150 valence electrons. The average molecular weight is 435 g/mol. The van der Waals surface area contributed by atoms with Crippen molar-refractivity contribution >= 4 is 35.0 Å². The maximum atomic E-state index is 12.4. The SMILES string of the molecule is Cc1ccc(Cl)cc1NC(=O)CSc1nc(-c2ccccc2)c(-c2ccccc2)o1. The van der Waals surface area contributed by atoms with Crippen molar-refractivity contribution in [2.75, 3.05) is 11.1 Å². The summed E-state index contributed by atoms with van der Waals surface area (Å²) < 4.78 is 6.05. The van der Waals surface area contributed by atoms with E-state index >= 15 is 0 Å². The summed E-state index contributed by atoms with van der Waals surface area (Å²) in [6, 6.07) is 25.1. The lowest BCUT2D eigenvalue weighted by atomic mass is 10.1. The van der Waals surface area contributed by atoms with Crippen molar-refractivity contribution in [3.8, 4) is 22.6 Å². The molecule has 0 saturated heterocycles. The molecule has 0 aliphatic heterocycles. The van der Waals surface area contributed by atoms with E-state index in [2.05, 4.69) is 10.3 Å². The van der Waals surface area contributed by atoms with E-state index in [0.29, 0.717) is 21.7 Å². The van der Waals surface area contributed by atoms with Crippen LogP contribution < -0.4 is 5.32 Å². The Kier molecular flexibility index (Phi) is 6.21. The lowest BCUT2D eigenvalue weighted by Gasteiger charge is -2.07. The molecule has 3 aromatic carbocycles. The summed E-state index contributed by atoms with van der Waals surface area (Å²) in [5.41, 5.74) is 4.32. The van der Waals surface area contributed by atoms with Gasteiger partial charge in [0.05, 0.1) is 5.75 Å². The van der Waals surface area contributed by atoms with Gasteiger partial charge in [-0.1, -0.05) is 90.1 Å². The first kappa shape index (κ1) is 20.3. The van der Waals surface area contributed by atoms with Crippen molar-refractivity contribution in [2.45, 2.75) is 12.1 Å². The fourth-order valence-electron chi connectivity index (χ4n) is 2.98. The Bertz CT molecular complexity index is 1100. The highest BCUT2D eigenvalue weighted by atomic mass is 35.5. The highest BCUT2D eigenvalue weighted by molar-refractivity contribution is 7.99. The van der Waals surface area contributed by atoms with Crippen LogP contribution in [-0.4, -0.2) is 16.6 Å². The van der Waals surface area contributed by atoms with Crippen molar-refractivity contribution in [1.29, 1.82) is 0 Å². The molecule has 0 atom stereocenters. The zero-order valence-electron chi connectivity index (χ0n) is 16.3. The second kappa shape index (κ2) is 9.20. The molecule has 4 rings (SSSR count). The molecule has 1 amide bonds. The smallest absolute Gasteiger partial charge is 0.257 e. The van der Waals surface area contributed by atoms with Gasteiger partial charge in [-0.25, -0.2) is 4.98 Å². The van der Waals surface area contributed by atoms with E-state index in [1.54, 1.807) is 12.1 Å². The summed E-state index contributed by atoms with van der Waals surface area (Å²) in [5, 5.41) is 3.92. The van der Waals surface area contributed by atoms with Gasteiger partial charge in [0.1, 0.15) is 5.69 Å². The topological polar surface area (TPSA) is 55.1 Å². The second-order valence-electron chi connectivity index (χ2n) is 6.69. The first-order valence-electron chi connectivity index (χ1n) is 9.40. The summed E-state index contributed by atoms with van der Waals surface area (Å²) in [4.78, 5) is 17.1. The highest BCUT2D eigenvalue weighted by Gasteiger charge is 2.18. The molecule has 0 unspecified atom stereocenters. The third-order valence-electron chi connectivity index (χ3n) is 4.49. The van der Waals surface area contributed by atoms with E-state index in [9.17, 15) is 4.79 Å². The van der Waals surface area contributed by atoms with Gasteiger partial charge in [0.2, 0.25) is 5.91 Å². The molecule has 30 heavy (non-hydrogen) atoms. The number of nitrogens with one attached hydrogen (secondary N) is 1. The van der Waals surface area contributed by atoms with E-state index in [-0.39, 0.29) is 11.7 Å². The Morgan fingerprint density at radius 1 is 1.00 bits per heavy atom. The zero-order chi connectivity index (χ0) is 20.9. The number of rotatable bonds is 6. The van der Waals surface area contributed by atoms with Gasteiger partial charge in [-0.15, -0.1) is 0 Å². The number of hydrogen-bond acceptors (Lipinski definition) is 4. The second-order valence-corrected chi connectivity index (χ2v) is 8.05. The monoisotopic (exact) mass is 434 g/mol. The van der Waals surface area contributed by atoms with Crippen molar-refractivity contribution < 1.29 is 9.21 Å². The fourth-order valence-corrected chi connectivity index (χ4v) is 3.78. The van der Waals surface area contributed by atoms with Gasteiger partial charge in [-0.2, -0.15) is 0 Å². The van der Waals surface area contributed by atoms with Crippen LogP contribution in [0.2, 0.25) is 5.02 Å². The third-order valence-corrected chi connectivity index (χ3v) is 5.55. The van der Waals surface area contributed by atoms with Crippen LogP contribution in [0.5, 0.6) is 0 Å². The number of anilines is 1. The molecule has 4 nitrogen and oxygen atoms in total. The minimum absolute atomic E-state index is 0.147. The van der Waals surface area contributed by atoms with Gasteiger partial charge in [0.25, 0.3) is 5.22 Å². The number of thioether (sulfide) groups is 1. The van der Waals surface area contributed by atoms with Crippen molar-refractivity contribution in [3.05, 3.63) is 89.4 Å². The van der Waals surface area contributed by atoms with Crippen LogP contribution in [0, 0.1) is 6.92 Å². The minimum atomic E-state index is -0.147. The average Bonchev–Trinajstić information content (AvgIpc) is 3.20. The van der Waals surface area contributed by atoms with Crippen LogP contribution in [-0.2, 0) is 4.79 Å². The molecular formula is C24H19ClN2O2S. The largest absolute Gasteiger partial charge is 0.431 e. The van der Waals surface area contributed by atoms with Crippen LogP contribution in [0.3, 0.4) is 0 Å². The molecule has 1 N–H and O–H groups in total. The number of amides is 1. The Labute approximate surface area is 184 Å². The fraction of sp³-hybridized carbons (Fsp3) is 0.0833. The van der Waals surface area contributed by atoms with Gasteiger partial charge >= 0.3 is 0 Å². The van der Waals surface area contributed by atoms with E-state index in [4.69, 9.17) is 16.0 Å². The predicted octanol–water partition coefficient (Wildman–Crippen LogP) is 6.70. The molecule has 0 aliphatic rings. The van der Waals surface area contributed by atoms with Crippen LogP contribution in [0.15, 0.2) is 88.5 Å². The minimum Gasteiger partial charge on any atom is -0.431 e. The number of carbonyl (C=O) groups excluding carboxylic acids is 1. The molecule has 1 aromatic heterocycles. The van der Waals surface area contributed by atoms with Crippen LogP contribution >= 0.6 is 23.4 Å².